The van der Waals surface area contributed by atoms with Crippen LogP contribution in [0, 0.1) is 11.3 Å². The van der Waals surface area contributed by atoms with Crippen LogP contribution in [0.1, 0.15) is 31.7 Å². The molecule has 0 unspecified atom stereocenters. The Morgan fingerprint density at radius 3 is 2.46 bits per heavy atom. The minimum absolute atomic E-state index is 0.0783. The van der Waals surface area contributed by atoms with Crippen LogP contribution in [0.4, 0.5) is 5.69 Å². The zero-order valence-corrected chi connectivity index (χ0v) is 20.5. The van der Waals surface area contributed by atoms with Crippen molar-refractivity contribution in [1.29, 1.82) is 5.26 Å². The summed E-state index contributed by atoms with van der Waals surface area (Å²) >= 11 is 1.23. The number of aromatic nitrogens is 2. The van der Waals surface area contributed by atoms with Gasteiger partial charge >= 0.3 is 0 Å². The van der Waals surface area contributed by atoms with E-state index in [0.29, 0.717) is 22.6 Å². The number of rotatable bonds is 8. The van der Waals surface area contributed by atoms with Crippen molar-refractivity contribution in [1.82, 2.24) is 9.55 Å². The average molecular weight is 483 g/mol. The van der Waals surface area contributed by atoms with Gasteiger partial charge in [-0.25, -0.2) is 4.98 Å². The quantitative estimate of drug-likeness (QED) is 0.243. The fourth-order valence-electron chi connectivity index (χ4n) is 3.97. The molecule has 0 N–H and O–H groups in total. The molecule has 0 saturated heterocycles. The molecular formula is C28H26N4O2S. The Morgan fingerprint density at radius 1 is 1.03 bits per heavy atom. The Morgan fingerprint density at radius 2 is 1.71 bits per heavy atom. The summed E-state index contributed by atoms with van der Waals surface area (Å²) in [4.78, 5) is 33.3. The van der Waals surface area contributed by atoms with Crippen molar-refractivity contribution in [3.05, 3.63) is 94.8 Å². The van der Waals surface area contributed by atoms with Gasteiger partial charge < -0.3 is 4.90 Å². The van der Waals surface area contributed by atoms with E-state index >= 15 is 0 Å². The molecule has 176 valence electrons. The fourth-order valence-corrected chi connectivity index (χ4v) is 4.85. The minimum Gasteiger partial charge on any atom is -0.311 e. The van der Waals surface area contributed by atoms with E-state index in [4.69, 9.17) is 10.2 Å². The molecule has 4 rings (SSSR count). The second kappa shape index (κ2) is 11.0. The summed E-state index contributed by atoms with van der Waals surface area (Å²) in [6, 6.07) is 26.5. The Kier molecular flexibility index (Phi) is 7.64. The van der Waals surface area contributed by atoms with Gasteiger partial charge in [-0.05, 0) is 41.8 Å². The molecule has 4 aromatic rings. The zero-order valence-electron chi connectivity index (χ0n) is 19.7. The maximum absolute atomic E-state index is 13.6. The molecule has 6 nitrogen and oxygen atoms in total. The van der Waals surface area contributed by atoms with Gasteiger partial charge in [-0.15, -0.1) is 0 Å². The Balaban J connectivity index is 1.75. The molecule has 1 amide bonds. The van der Waals surface area contributed by atoms with Crippen LogP contribution in [0.25, 0.3) is 16.6 Å². The minimum atomic E-state index is -0.164. The van der Waals surface area contributed by atoms with Crippen molar-refractivity contribution in [3.8, 4) is 11.8 Å². The molecule has 1 aromatic heterocycles. The lowest BCUT2D eigenvalue weighted by molar-refractivity contribution is -0.116. The van der Waals surface area contributed by atoms with Crippen molar-refractivity contribution in [2.45, 2.75) is 31.3 Å². The van der Waals surface area contributed by atoms with Crippen LogP contribution < -0.4 is 10.5 Å². The number of amides is 1. The predicted molar refractivity (Wildman–Crippen MR) is 141 cm³/mol. The highest BCUT2D eigenvalue weighted by Crippen LogP contribution is 2.27. The lowest BCUT2D eigenvalue weighted by atomic mass is 10.0. The Hall–Kier alpha value is -3.89. The summed E-state index contributed by atoms with van der Waals surface area (Å²) in [5.74, 6) is 0.126. The molecule has 35 heavy (non-hydrogen) atoms. The van der Waals surface area contributed by atoms with Crippen molar-refractivity contribution >= 4 is 34.3 Å². The number of benzene rings is 3. The van der Waals surface area contributed by atoms with Gasteiger partial charge in [-0.3, -0.25) is 14.2 Å². The van der Waals surface area contributed by atoms with Gasteiger partial charge in [0.05, 0.1) is 34.8 Å². The molecule has 0 spiro atoms. The second-order valence-corrected chi connectivity index (χ2v) is 9.29. The summed E-state index contributed by atoms with van der Waals surface area (Å²) in [6.45, 7) is 4.47. The number of thioether (sulfide) groups is 1. The standard InChI is InChI=1S/C28H26N4O2S/c1-20(2)22-13-7-9-16-25(22)32-27(34)23-14-6-8-15-24(23)30-28(32)35-19-26(33)31(18-10-17-29)21-11-4-3-5-12-21/h3-9,11-16,20H,10,18-19H2,1-2H3. The average Bonchev–Trinajstić information content (AvgIpc) is 2.88. The van der Waals surface area contributed by atoms with Crippen LogP contribution >= 0.6 is 11.8 Å². The van der Waals surface area contributed by atoms with Crippen molar-refractivity contribution < 1.29 is 4.79 Å². The largest absolute Gasteiger partial charge is 0.311 e. The highest BCUT2D eigenvalue weighted by molar-refractivity contribution is 7.99. The van der Waals surface area contributed by atoms with Gasteiger partial charge in [0, 0.05) is 12.2 Å². The number of nitrogens with zero attached hydrogens (tertiary/aromatic N) is 4. The third-order valence-electron chi connectivity index (χ3n) is 5.69. The maximum Gasteiger partial charge on any atom is 0.266 e. The number of para-hydroxylation sites is 3. The second-order valence-electron chi connectivity index (χ2n) is 8.34. The van der Waals surface area contributed by atoms with E-state index in [9.17, 15) is 9.59 Å². The first-order valence-electron chi connectivity index (χ1n) is 11.5. The number of anilines is 1. The molecule has 0 bridgehead atoms. The molecule has 7 heteroatoms. The topological polar surface area (TPSA) is 79.0 Å². The Labute approximate surface area is 208 Å². The van der Waals surface area contributed by atoms with Gasteiger partial charge in [0.25, 0.3) is 5.56 Å². The highest BCUT2D eigenvalue weighted by Gasteiger charge is 2.20. The van der Waals surface area contributed by atoms with Gasteiger partial charge in [0.2, 0.25) is 5.91 Å². The molecule has 0 aliphatic carbocycles. The summed E-state index contributed by atoms with van der Waals surface area (Å²) in [6.07, 6.45) is 0.228. The van der Waals surface area contributed by atoms with E-state index in [-0.39, 0.29) is 29.6 Å². The van der Waals surface area contributed by atoms with E-state index in [2.05, 4.69) is 19.9 Å². The van der Waals surface area contributed by atoms with E-state index in [1.807, 2.05) is 72.8 Å². The smallest absolute Gasteiger partial charge is 0.266 e. The van der Waals surface area contributed by atoms with Crippen molar-refractivity contribution in [2.24, 2.45) is 0 Å². The molecule has 0 aliphatic heterocycles. The fraction of sp³-hybridized carbons (Fsp3) is 0.214. The first-order valence-corrected chi connectivity index (χ1v) is 12.5. The van der Waals surface area contributed by atoms with Crippen LogP contribution in [0.5, 0.6) is 0 Å². The molecule has 0 saturated carbocycles. The van der Waals surface area contributed by atoms with Gasteiger partial charge in [0.15, 0.2) is 5.16 Å². The lowest BCUT2D eigenvalue weighted by Gasteiger charge is -2.22. The number of carbonyl (C=O) groups excluding carboxylic acids is 1. The predicted octanol–water partition coefficient (Wildman–Crippen LogP) is 5.55. The number of fused-ring (bicyclic) bond motifs is 1. The molecular weight excluding hydrogens is 456 g/mol. The van der Waals surface area contributed by atoms with Crippen molar-refractivity contribution in [3.63, 3.8) is 0 Å². The number of hydrogen-bond acceptors (Lipinski definition) is 5. The SMILES string of the molecule is CC(C)c1ccccc1-n1c(SCC(=O)N(CCC#N)c2ccccc2)nc2ccccc2c1=O. The third kappa shape index (κ3) is 5.28. The van der Waals surface area contributed by atoms with Gasteiger partial charge in [-0.2, -0.15) is 5.26 Å². The Bertz CT molecular complexity index is 1440. The molecule has 0 aliphatic rings. The van der Waals surface area contributed by atoms with Crippen LogP contribution in [0.2, 0.25) is 0 Å². The molecule has 0 fully saturated rings. The van der Waals surface area contributed by atoms with Gasteiger partial charge in [0.1, 0.15) is 0 Å². The van der Waals surface area contributed by atoms with Gasteiger partial charge in [-0.1, -0.05) is 74.1 Å². The summed E-state index contributed by atoms with van der Waals surface area (Å²) in [5.41, 5.74) is 2.96. The summed E-state index contributed by atoms with van der Waals surface area (Å²) < 4.78 is 1.62. The first kappa shape index (κ1) is 24.2. The van der Waals surface area contributed by atoms with Crippen LogP contribution in [0.3, 0.4) is 0 Å². The van der Waals surface area contributed by atoms with Crippen molar-refractivity contribution in [2.75, 3.05) is 17.2 Å². The lowest BCUT2D eigenvalue weighted by Crippen LogP contribution is -2.33. The number of hydrogen-bond donors (Lipinski definition) is 0. The molecule has 3 aromatic carbocycles. The third-order valence-corrected chi connectivity index (χ3v) is 6.61. The normalized spacial score (nSPS) is 10.9. The zero-order chi connectivity index (χ0) is 24.8. The number of carbonyl (C=O) groups is 1. The maximum atomic E-state index is 13.6. The van der Waals surface area contributed by atoms with E-state index in [1.165, 1.54) is 11.8 Å². The van der Waals surface area contributed by atoms with Crippen LogP contribution in [-0.4, -0.2) is 27.8 Å². The summed E-state index contributed by atoms with van der Waals surface area (Å²) in [7, 11) is 0. The summed E-state index contributed by atoms with van der Waals surface area (Å²) in [5, 5.41) is 10.1. The van der Waals surface area contributed by atoms with E-state index in [0.717, 1.165) is 16.9 Å². The van der Waals surface area contributed by atoms with E-state index < -0.39 is 0 Å². The molecule has 0 atom stereocenters. The highest BCUT2D eigenvalue weighted by atomic mass is 32.2. The van der Waals surface area contributed by atoms with E-state index in [1.54, 1.807) is 15.5 Å². The van der Waals surface area contributed by atoms with Crippen LogP contribution in [-0.2, 0) is 4.79 Å². The molecule has 1 heterocycles. The monoisotopic (exact) mass is 482 g/mol. The molecule has 0 radical (unpaired) electrons. The number of nitriles is 1. The van der Waals surface area contributed by atoms with Crippen LogP contribution in [0.15, 0.2) is 88.8 Å². The first-order chi connectivity index (χ1) is 17.0.